The molecule has 2 atom stereocenters. The van der Waals surface area contributed by atoms with Crippen molar-refractivity contribution in [2.24, 2.45) is 7.05 Å². The summed E-state index contributed by atoms with van der Waals surface area (Å²) in [6.07, 6.45) is 5.89. The molecule has 15 nitrogen and oxygen atoms in total. The number of aryl methyl sites for hydroxylation is 1. The van der Waals surface area contributed by atoms with Gasteiger partial charge in [0.2, 0.25) is 33.6 Å². The lowest BCUT2D eigenvalue weighted by Gasteiger charge is -2.21. The maximum Gasteiger partial charge on any atom is 0.245 e. The highest BCUT2D eigenvalue weighted by Crippen LogP contribution is 2.35. The molecular formula is C21H26N10O5S. The fraction of sp³-hybridized carbons (Fsp3) is 0.381. The molecule has 0 aliphatic rings. The van der Waals surface area contributed by atoms with E-state index in [9.17, 15) is 8.42 Å². The van der Waals surface area contributed by atoms with Crippen molar-refractivity contribution in [2.75, 3.05) is 26.1 Å². The van der Waals surface area contributed by atoms with E-state index in [0.717, 1.165) is 0 Å². The minimum absolute atomic E-state index is 0.110. The number of nitrogens with one attached hydrogen (secondary N) is 1. The Kier molecular flexibility index (Phi) is 7.19. The van der Waals surface area contributed by atoms with Gasteiger partial charge in [0.05, 0.1) is 44.7 Å². The van der Waals surface area contributed by atoms with E-state index in [1.165, 1.54) is 44.6 Å². The Bertz CT molecular complexity index is 1460. The van der Waals surface area contributed by atoms with Crippen molar-refractivity contribution in [1.29, 1.82) is 0 Å². The van der Waals surface area contributed by atoms with E-state index in [0.29, 0.717) is 17.3 Å². The predicted molar refractivity (Wildman–Crippen MR) is 131 cm³/mol. The van der Waals surface area contributed by atoms with Crippen molar-refractivity contribution in [3.05, 3.63) is 36.7 Å². The minimum atomic E-state index is -4.03. The second-order valence-electron chi connectivity index (χ2n) is 7.92. The molecule has 196 valence electrons. The Balaban J connectivity index is 1.79. The van der Waals surface area contributed by atoms with E-state index in [4.69, 9.17) is 14.2 Å². The normalized spacial score (nSPS) is 13.1. The van der Waals surface area contributed by atoms with Gasteiger partial charge in [0.25, 0.3) is 0 Å². The van der Waals surface area contributed by atoms with Crippen LogP contribution in [0.5, 0.6) is 17.6 Å². The summed E-state index contributed by atoms with van der Waals surface area (Å²) in [5, 5.41) is 11.8. The molecule has 0 aromatic carbocycles. The maximum atomic E-state index is 13.5. The molecule has 37 heavy (non-hydrogen) atoms. The monoisotopic (exact) mass is 530 g/mol. The Labute approximate surface area is 212 Å². The van der Waals surface area contributed by atoms with Gasteiger partial charge in [-0.1, -0.05) is 6.92 Å². The first-order chi connectivity index (χ1) is 17.7. The van der Waals surface area contributed by atoms with Crippen LogP contribution in [-0.2, 0) is 17.1 Å². The number of methoxy groups -OCH3 is 3. The third-order valence-electron chi connectivity index (χ3n) is 5.72. The highest BCUT2D eigenvalue weighted by molar-refractivity contribution is 7.93. The summed E-state index contributed by atoms with van der Waals surface area (Å²) in [6.45, 7) is 3.30. The van der Waals surface area contributed by atoms with Crippen molar-refractivity contribution >= 4 is 16.0 Å². The number of anilines is 1. The smallest absolute Gasteiger partial charge is 0.245 e. The van der Waals surface area contributed by atoms with E-state index in [1.54, 1.807) is 37.8 Å². The molecule has 0 spiro atoms. The molecule has 0 aliphatic heterocycles. The molecule has 0 aliphatic carbocycles. The van der Waals surface area contributed by atoms with Crippen molar-refractivity contribution in [1.82, 2.24) is 44.5 Å². The maximum absolute atomic E-state index is 13.5. The zero-order valence-corrected chi connectivity index (χ0v) is 21.8. The fourth-order valence-electron chi connectivity index (χ4n) is 3.50. The first kappa shape index (κ1) is 25.7. The molecule has 0 saturated heterocycles. The first-order valence-electron chi connectivity index (χ1n) is 11.0. The van der Waals surface area contributed by atoms with E-state index in [1.807, 2.05) is 0 Å². The number of sulfonamides is 1. The Morgan fingerprint density at radius 3 is 2.19 bits per heavy atom. The Hall–Kier alpha value is -4.34. The summed E-state index contributed by atoms with van der Waals surface area (Å²) in [5.74, 6) is 0.108. The summed E-state index contributed by atoms with van der Waals surface area (Å²) in [6, 6.07) is 1.70. The van der Waals surface area contributed by atoms with Crippen LogP contribution in [0.2, 0.25) is 0 Å². The van der Waals surface area contributed by atoms with Crippen molar-refractivity contribution in [3.8, 4) is 34.8 Å². The molecule has 16 heteroatoms. The third-order valence-corrected chi connectivity index (χ3v) is 7.58. The molecule has 1 N–H and O–H groups in total. The highest BCUT2D eigenvalue weighted by atomic mass is 32.2. The molecule has 0 bridgehead atoms. The average Bonchev–Trinajstić information content (AvgIpc) is 3.52. The Morgan fingerprint density at radius 1 is 0.946 bits per heavy atom. The fourth-order valence-corrected chi connectivity index (χ4v) is 4.75. The first-order valence-corrected chi connectivity index (χ1v) is 12.5. The number of rotatable bonds is 10. The second-order valence-corrected chi connectivity index (χ2v) is 9.96. The third kappa shape index (κ3) is 5.00. The van der Waals surface area contributed by atoms with Crippen LogP contribution >= 0.6 is 0 Å². The van der Waals surface area contributed by atoms with Crippen LogP contribution in [0.1, 0.15) is 25.5 Å². The molecule has 0 amide bonds. The van der Waals surface area contributed by atoms with E-state index < -0.39 is 21.2 Å². The van der Waals surface area contributed by atoms with Crippen LogP contribution in [0.15, 0.2) is 31.0 Å². The van der Waals surface area contributed by atoms with Gasteiger partial charge >= 0.3 is 0 Å². The summed E-state index contributed by atoms with van der Waals surface area (Å²) < 4.78 is 48.4. The van der Waals surface area contributed by atoms with Crippen molar-refractivity contribution in [2.45, 2.75) is 25.0 Å². The zero-order chi connectivity index (χ0) is 26.7. The van der Waals surface area contributed by atoms with Crippen LogP contribution in [0.3, 0.4) is 0 Å². The highest BCUT2D eigenvalue weighted by Gasteiger charge is 2.32. The Morgan fingerprint density at radius 2 is 1.65 bits per heavy atom. The van der Waals surface area contributed by atoms with Gasteiger partial charge in [0.15, 0.2) is 11.5 Å². The molecular weight excluding hydrogens is 504 g/mol. The average molecular weight is 531 g/mol. The summed E-state index contributed by atoms with van der Waals surface area (Å²) in [4.78, 5) is 16.7. The van der Waals surface area contributed by atoms with Crippen LogP contribution in [-0.4, -0.2) is 79.5 Å². The summed E-state index contributed by atoms with van der Waals surface area (Å²) >= 11 is 0. The van der Waals surface area contributed by atoms with Gasteiger partial charge in [-0.25, -0.2) is 18.0 Å². The SMILES string of the molecule is COc1cnc(C(C)C(C)S(=O)(=O)Nc2nnc(-c3ccn(C)n3)n2-c2c(OC)ncnc2OC)cn1. The predicted octanol–water partition coefficient (Wildman–Crippen LogP) is 1.21. The molecule has 0 saturated carbocycles. The van der Waals surface area contributed by atoms with E-state index in [-0.39, 0.29) is 29.2 Å². The van der Waals surface area contributed by atoms with Gasteiger partial charge < -0.3 is 14.2 Å². The number of hydrogen-bond acceptors (Lipinski definition) is 12. The zero-order valence-electron chi connectivity index (χ0n) is 21.0. The molecule has 0 fully saturated rings. The van der Waals surface area contributed by atoms with Gasteiger partial charge in [-0.15, -0.1) is 10.2 Å². The number of ether oxygens (including phenoxy) is 3. The summed E-state index contributed by atoms with van der Waals surface area (Å²) in [7, 11) is 2.02. The quantitative estimate of drug-likeness (QED) is 0.311. The lowest BCUT2D eigenvalue weighted by Crippen LogP contribution is -2.31. The van der Waals surface area contributed by atoms with E-state index >= 15 is 0 Å². The van der Waals surface area contributed by atoms with Gasteiger partial charge in [-0.05, 0) is 13.0 Å². The number of nitrogens with zero attached hydrogens (tertiary/aromatic N) is 9. The van der Waals surface area contributed by atoms with E-state index in [2.05, 4.69) is 40.0 Å². The largest absolute Gasteiger partial charge is 0.480 e. The van der Waals surface area contributed by atoms with Crippen LogP contribution in [0.4, 0.5) is 5.95 Å². The van der Waals surface area contributed by atoms with Gasteiger partial charge in [0.1, 0.15) is 12.0 Å². The molecule has 4 heterocycles. The van der Waals surface area contributed by atoms with Crippen LogP contribution in [0.25, 0.3) is 17.2 Å². The standard InChI is InChI=1S/C21H26N10O5S/c1-12(15-9-23-16(34-4)10-22-15)13(2)37(32,33)29-21-27-26-18(14-7-8-30(3)28-14)31(21)17-19(35-5)24-11-25-20(17)36-6/h7-13H,1-6H3,(H,27,29). The number of hydrogen-bond donors (Lipinski definition) is 1. The van der Waals surface area contributed by atoms with Crippen LogP contribution < -0.4 is 18.9 Å². The second kappa shape index (κ2) is 10.3. The van der Waals surface area contributed by atoms with Gasteiger partial charge in [-0.2, -0.15) is 15.1 Å². The lowest BCUT2D eigenvalue weighted by atomic mass is 10.1. The van der Waals surface area contributed by atoms with Gasteiger partial charge in [-0.3, -0.25) is 14.4 Å². The lowest BCUT2D eigenvalue weighted by molar-refractivity contribution is 0.368. The molecule has 4 rings (SSSR count). The molecule has 4 aromatic rings. The van der Waals surface area contributed by atoms with Crippen LogP contribution in [0, 0.1) is 0 Å². The van der Waals surface area contributed by atoms with Crippen molar-refractivity contribution in [3.63, 3.8) is 0 Å². The number of aromatic nitrogens is 9. The summed E-state index contributed by atoms with van der Waals surface area (Å²) in [5.41, 5.74) is 1.09. The minimum Gasteiger partial charge on any atom is -0.480 e. The van der Waals surface area contributed by atoms with Gasteiger partial charge in [0, 0.05) is 19.2 Å². The molecule has 4 aromatic heterocycles. The topological polar surface area (TPSA) is 174 Å². The molecule has 2 unspecified atom stereocenters. The molecule has 0 radical (unpaired) electrons. The van der Waals surface area contributed by atoms with Crippen molar-refractivity contribution < 1.29 is 22.6 Å².